The molecule has 108 valence electrons. The number of hydrogen-bond donors (Lipinski definition) is 2. The lowest BCUT2D eigenvalue weighted by molar-refractivity contribution is 0.210. The lowest BCUT2D eigenvalue weighted by Crippen LogP contribution is -1.98. The third kappa shape index (κ3) is 6.66. The molecule has 4 heteroatoms. The summed E-state index contributed by atoms with van der Waals surface area (Å²) in [6.45, 7) is 5.27. The predicted octanol–water partition coefficient (Wildman–Crippen LogP) is 3.72. The second kappa shape index (κ2) is 9.69. The summed E-state index contributed by atoms with van der Waals surface area (Å²) in [5, 5.41) is 0. The van der Waals surface area contributed by atoms with Gasteiger partial charge in [0, 0.05) is 5.69 Å². The van der Waals surface area contributed by atoms with Crippen molar-refractivity contribution < 1.29 is 9.57 Å². The molecule has 0 saturated heterocycles. The van der Waals surface area contributed by atoms with Crippen LogP contribution in [0.4, 0.5) is 11.4 Å². The standard InChI is InChI=1S/2C8H11NO/c1-2-10-8-5-3-7(9)4-6-8;1-2-10-9-8-6-4-3-5-7-8/h3-6H,2,9H2,1H3;3-7,9H,2H2,1H3. The van der Waals surface area contributed by atoms with E-state index >= 15 is 0 Å². The Morgan fingerprint density at radius 2 is 1.55 bits per heavy atom. The number of nitrogen functional groups attached to an aromatic ring is 1. The summed E-state index contributed by atoms with van der Waals surface area (Å²) in [7, 11) is 0. The number of rotatable bonds is 5. The number of nitrogens with two attached hydrogens (primary N) is 1. The van der Waals surface area contributed by atoms with Gasteiger partial charge in [-0.15, -0.1) is 0 Å². The van der Waals surface area contributed by atoms with Crippen molar-refractivity contribution >= 4 is 11.4 Å². The topological polar surface area (TPSA) is 56.5 Å². The van der Waals surface area contributed by atoms with Gasteiger partial charge in [-0.1, -0.05) is 18.2 Å². The zero-order valence-corrected chi connectivity index (χ0v) is 12.0. The first-order valence-corrected chi connectivity index (χ1v) is 6.67. The SMILES string of the molecule is CCONc1ccccc1.CCOc1ccc(N)cc1. The fourth-order valence-corrected chi connectivity index (χ4v) is 1.39. The van der Waals surface area contributed by atoms with E-state index in [1.165, 1.54) is 0 Å². The van der Waals surface area contributed by atoms with Crippen LogP contribution in [0.15, 0.2) is 54.6 Å². The first-order chi connectivity index (χ1) is 9.76. The van der Waals surface area contributed by atoms with Crippen molar-refractivity contribution in [2.45, 2.75) is 13.8 Å². The lowest BCUT2D eigenvalue weighted by atomic mass is 10.3. The van der Waals surface area contributed by atoms with Gasteiger partial charge in [-0.25, -0.2) is 0 Å². The fraction of sp³-hybridized carbons (Fsp3) is 0.250. The molecule has 0 aliphatic heterocycles. The molecule has 0 fully saturated rings. The minimum atomic E-state index is 0.675. The second-order valence-corrected chi connectivity index (χ2v) is 3.90. The summed E-state index contributed by atoms with van der Waals surface area (Å²) in [6.07, 6.45) is 0. The highest BCUT2D eigenvalue weighted by Gasteiger charge is 1.88. The number of hydrogen-bond acceptors (Lipinski definition) is 4. The Hall–Kier alpha value is -2.20. The Bertz CT molecular complexity index is 458. The Balaban J connectivity index is 0.000000200. The highest BCUT2D eigenvalue weighted by molar-refractivity contribution is 5.41. The van der Waals surface area contributed by atoms with Crippen LogP contribution in [0.5, 0.6) is 5.75 Å². The van der Waals surface area contributed by atoms with Crippen LogP contribution in [0.2, 0.25) is 0 Å². The van der Waals surface area contributed by atoms with E-state index in [2.05, 4.69) is 5.48 Å². The first kappa shape index (κ1) is 15.9. The average Bonchev–Trinajstić information content (AvgIpc) is 2.49. The molecular formula is C16H22N2O2. The zero-order chi connectivity index (χ0) is 14.6. The summed E-state index contributed by atoms with van der Waals surface area (Å²) in [6, 6.07) is 17.2. The van der Waals surface area contributed by atoms with E-state index < -0.39 is 0 Å². The van der Waals surface area contributed by atoms with Gasteiger partial charge < -0.3 is 10.5 Å². The van der Waals surface area contributed by atoms with E-state index in [-0.39, 0.29) is 0 Å². The van der Waals surface area contributed by atoms with Crippen molar-refractivity contribution in [1.29, 1.82) is 0 Å². The number of nitrogens with one attached hydrogen (secondary N) is 1. The van der Waals surface area contributed by atoms with E-state index in [1.807, 2.05) is 68.4 Å². The average molecular weight is 274 g/mol. The maximum absolute atomic E-state index is 5.47. The molecule has 0 aliphatic rings. The Kier molecular flexibility index (Phi) is 7.69. The monoisotopic (exact) mass is 274 g/mol. The largest absolute Gasteiger partial charge is 0.494 e. The quantitative estimate of drug-likeness (QED) is 0.644. The van der Waals surface area contributed by atoms with E-state index in [9.17, 15) is 0 Å². The molecule has 2 aromatic rings. The van der Waals surface area contributed by atoms with Crippen molar-refractivity contribution in [3.05, 3.63) is 54.6 Å². The summed E-state index contributed by atoms with van der Waals surface area (Å²) in [5.41, 5.74) is 10.0. The molecule has 0 aliphatic carbocycles. The van der Waals surface area contributed by atoms with Crippen molar-refractivity contribution in [2.24, 2.45) is 0 Å². The number of para-hydroxylation sites is 1. The second-order valence-electron chi connectivity index (χ2n) is 3.90. The molecule has 2 rings (SSSR count). The Morgan fingerprint density at radius 1 is 0.900 bits per heavy atom. The van der Waals surface area contributed by atoms with Gasteiger partial charge in [-0.05, 0) is 50.2 Å². The van der Waals surface area contributed by atoms with Gasteiger partial charge in [0.15, 0.2) is 0 Å². The smallest absolute Gasteiger partial charge is 0.119 e. The van der Waals surface area contributed by atoms with Crippen LogP contribution in [-0.2, 0) is 4.84 Å². The maximum Gasteiger partial charge on any atom is 0.119 e. The molecule has 0 amide bonds. The molecular weight excluding hydrogens is 252 g/mol. The number of ether oxygens (including phenoxy) is 1. The van der Waals surface area contributed by atoms with Gasteiger partial charge in [0.1, 0.15) is 5.75 Å². The van der Waals surface area contributed by atoms with Gasteiger partial charge in [-0.2, -0.15) is 0 Å². The zero-order valence-electron chi connectivity index (χ0n) is 12.0. The molecule has 0 bridgehead atoms. The van der Waals surface area contributed by atoms with Gasteiger partial charge in [0.25, 0.3) is 0 Å². The van der Waals surface area contributed by atoms with Crippen LogP contribution >= 0.6 is 0 Å². The van der Waals surface area contributed by atoms with Gasteiger partial charge in [0.05, 0.1) is 18.9 Å². The van der Waals surface area contributed by atoms with Gasteiger partial charge in [0.2, 0.25) is 0 Å². The van der Waals surface area contributed by atoms with Gasteiger partial charge in [-0.3, -0.25) is 10.3 Å². The summed E-state index contributed by atoms with van der Waals surface area (Å²) >= 11 is 0. The minimum Gasteiger partial charge on any atom is -0.494 e. The molecule has 0 atom stereocenters. The highest BCUT2D eigenvalue weighted by Crippen LogP contribution is 2.12. The molecule has 0 radical (unpaired) electrons. The summed E-state index contributed by atoms with van der Waals surface area (Å²) < 4.78 is 5.21. The molecule has 0 saturated carbocycles. The molecule has 0 heterocycles. The third-order valence-electron chi connectivity index (χ3n) is 2.30. The minimum absolute atomic E-state index is 0.675. The van der Waals surface area contributed by atoms with Gasteiger partial charge >= 0.3 is 0 Å². The predicted molar refractivity (Wildman–Crippen MR) is 83.7 cm³/mol. The lowest BCUT2D eigenvalue weighted by Gasteiger charge is -2.02. The summed E-state index contributed by atoms with van der Waals surface area (Å²) in [4.78, 5) is 4.97. The van der Waals surface area contributed by atoms with Crippen molar-refractivity contribution in [3.8, 4) is 5.75 Å². The van der Waals surface area contributed by atoms with E-state index in [4.69, 9.17) is 15.3 Å². The number of anilines is 2. The van der Waals surface area contributed by atoms with Crippen LogP contribution in [0.3, 0.4) is 0 Å². The molecule has 3 N–H and O–H groups in total. The number of benzene rings is 2. The van der Waals surface area contributed by atoms with Crippen LogP contribution in [-0.4, -0.2) is 13.2 Å². The fourth-order valence-electron chi connectivity index (χ4n) is 1.39. The van der Waals surface area contributed by atoms with Crippen molar-refractivity contribution in [1.82, 2.24) is 0 Å². The molecule has 0 spiro atoms. The van der Waals surface area contributed by atoms with Crippen molar-refractivity contribution in [3.63, 3.8) is 0 Å². The summed E-state index contributed by atoms with van der Waals surface area (Å²) in [5.74, 6) is 0.872. The van der Waals surface area contributed by atoms with E-state index in [0.29, 0.717) is 13.2 Å². The van der Waals surface area contributed by atoms with Crippen LogP contribution < -0.4 is 16.0 Å². The Morgan fingerprint density at radius 3 is 2.10 bits per heavy atom. The van der Waals surface area contributed by atoms with Crippen LogP contribution in [0, 0.1) is 0 Å². The van der Waals surface area contributed by atoms with Crippen molar-refractivity contribution in [2.75, 3.05) is 24.4 Å². The van der Waals surface area contributed by atoms with E-state index in [1.54, 1.807) is 0 Å². The highest BCUT2D eigenvalue weighted by atomic mass is 16.6. The Labute approximate surface area is 120 Å². The normalized spacial score (nSPS) is 9.30. The molecule has 2 aromatic carbocycles. The molecule has 20 heavy (non-hydrogen) atoms. The maximum atomic E-state index is 5.47. The van der Waals surface area contributed by atoms with E-state index in [0.717, 1.165) is 17.1 Å². The third-order valence-corrected chi connectivity index (χ3v) is 2.30. The molecule has 4 nitrogen and oxygen atoms in total. The molecule has 0 unspecified atom stereocenters. The van der Waals surface area contributed by atoms with Crippen LogP contribution in [0.25, 0.3) is 0 Å². The molecule has 0 aromatic heterocycles. The van der Waals surface area contributed by atoms with Crippen LogP contribution in [0.1, 0.15) is 13.8 Å². The first-order valence-electron chi connectivity index (χ1n) is 6.67.